The SMILES string of the molecule is CC12CC(c3ccc4c(c3)OCO4)C(C(=O)N1)C(=O)N2. The molecule has 104 valence electrons. The van der Waals surface area contributed by atoms with Gasteiger partial charge in [-0.15, -0.1) is 0 Å². The molecule has 4 heterocycles. The van der Waals surface area contributed by atoms with E-state index in [1.165, 1.54) is 0 Å². The highest BCUT2D eigenvalue weighted by atomic mass is 16.7. The van der Waals surface area contributed by atoms with E-state index in [1.54, 1.807) is 0 Å². The lowest BCUT2D eigenvalue weighted by Gasteiger charge is -2.48. The van der Waals surface area contributed by atoms with E-state index in [2.05, 4.69) is 10.6 Å². The molecule has 0 saturated carbocycles. The summed E-state index contributed by atoms with van der Waals surface area (Å²) in [4.78, 5) is 24.1. The highest BCUT2D eigenvalue weighted by Gasteiger charge is 2.53. The molecule has 0 aromatic heterocycles. The Morgan fingerprint density at radius 3 is 2.55 bits per heavy atom. The van der Waals surface area contributed by atoms with Crippen LogP contribution in [0, 0.1) is 5.92 Å². The van der Waals surface area contributed by atoms with Crippen LogP contribution in [0.5, 0.6) is 11.5 Å². The van der Waals surface area contributed by atoms with Crippen molar-refractivity contribution in [2.45, 2.75) is 24.9 Å². The zero-order chi connectivity index (χ0) is 13.9. The van der Waals surface area contributed by atoms with Crippen molar-refractivity contribution >= 4 is 11.8 Å². The zero-order valence-corrected chi connectivity index (χ0v) is 10.9. The van der Waals surface area contributed by atoms with E-state index >= 15 is 0 Å². The van der Waals surface area contributed by atoms with Gasteiger partial charge in [0.1, 0.15) is 11.6 Å². The Hall–Kier alpha value is -2.24. The number of amides is 2. The number of carbonyl (C=O) groups excluding carboxylic acids is 2. The van der Waals surface area contributed by atoms with Crippen LogP contribution in [-0.4, -0.2) is 24.3 Å². The Balaban J connectivity index is 1.75. The average Bonchev–Trinajstić information content (AvgIpc) is 2.83. The molecule has 1 aromatic carbocycles. The van der Waals surface area contributed by atoms with Crippen LogP contribution in [0.1, 0.15) is 24.8 Å². The predicted octanol–water partition coefficient (Wildman–Crippen LogP) is 0.481. The maximum Gasteiger partial charge on any atom is 0.235 e. The third-order valence-electron chi connectivity index (χ3n) is 4.22. The molecule has 2 amide bonds. The Bertz CT molecular complexity index is 610. The first-order valence-corrected chi connectivity index (χ1v) is 6.59. The number of fused-ring (bicyclic) bond motifs is 4. The standard InChI is InChI=1S/C14H14N2O4/c1-14-5-8(11(12(17)15-14)13(18)16-14)7-2-3-9-10(4-7)20-6-19-9/h2-4,8,11H,5-6H2,1H3,(H,15,17)(H,16,18). The second-order valence-corrected chi connectivity index (χ2v) is 5.71. The minimum Gasteiger partial charge on any atom is -0.454 e. The number of nitrogens with one attached hydrogen (secondary N) is 2. The van der Waals surface area contributed by atoms with Gasteiger partial charge in [-0.25, -0.2) is 0 Å². The fraction of sp³-hybridized carbons (Fsp3) is 0.429. The van der Waals surface area contributed by atoms with Crippen molar-refractivity contribution in [1.82, 2.24) is 10.6 Å². The number of ether oxygens (including phenoxy) is 2. The van der Waals surface area contributed by atoms with Gasteiger partial charge in [0.05, 0.1) is 0 Å². The molecule has 3 fully saturated rings. The molecule has 6 heteroatoms. The van der Waals surface area contributed by atoms with Crippen LogP contribution < -0.4 is 20.1 Å². The van der Waals surface area contributed by atoms with Crippen molar-refractivity contribution in [3.8, 4) is 11.5 Å². The highest BCUT2D eigenvalue weighted by Crippen LogP contribution is 2.43. The van der Waals surface area contributed by atoms with Gasteiger partial charge in [-0.3, -0.25) is 9.59 Å². The molecule has 2 N–H and O–H groups in total. The maximum absolute atomic E-state index is 12.1. The van der Waals surface area contributed by atoms with Gasteiger partial charge in [-0.05, 0) is 31.0 Å². The van der Waals surface area contributed by atoms with Gasteiger partial charge in [-0.2, -0.15) is 0 Å². The molecule has 1 atom stereocenters. The highest BCUT2D eigenvalue weighted by molar-refractivity contribution is 6.05. The number of hydrogen-bond donors (Lipinski definition) is 2. The van der Waals surface area contributed by atoms with Crippen molar-refractivity contribution in [1.29, 1.82) is 0 Å². The van der Waals surface area contributed by atoms with E-state index in [4.69, 9.17) is 9.47 Å². The minimum absolute atomic E-state index is 0.128. The summed E-state index contributed by atoms with van der Waals surface area (Å²) in [6, 6.07) is 5.61. The van der Waals surface area contributed by atoms with E-state index in [1.807, 2.05) is 25.1 Å². The molecule has 20 heavy (non-hydrogen) atoms. The fourth-order valence-electron chi connectivity index (χ4n) is 3.33. The monoisotopic (exact) mass is 274 g/mol. The third kappa shape index (κ3) is 1.51. The Labute approximate surface area is 115 Å². The van der Waals surface area contributed by atoms with Crippen LogP contribution in [-0.2, 0) is 9.59 Å². The predicted molar refractivity (Wildman–Crippen MR) is 68.1 cm³/mol. The molecule has 4 aliphatic rings. The summed E-state index contributed by atoms with van der Waals surface area (Å²) in [6.45, 7) is 2.05. The molecule has 1 aromatic rings. The van der Waals surface area contributed by atoms with Gasteiger partial charge in [0.2, 0.25) is 18.6 Å². The van der Waals surface area contributed by atoms with E-state index in [-0.39, 0.29) is 24.5 Å². The molecule has 0 spiro atoms. The Morgan fingerprint density at radius 1 is 1.15 bits per heavy atom. The van der Waals surface area contributed by atoms with Gasteiger partial charge in [-0.1, -0.05) is 6.07 Å². The molecule has 4 aliphatic heterocycles. The molecule has 6 nitrogen and oxygen atoms in total. The smallest absolute Gasteiger partial charge is 0.235 e. The first kappa shape index (κ1) is 11.6. The third-order valence-corrected chi connectivity index (χ3v) is 4.22. The minimum atomic E-state index is -0.669. The number of piperidine rings is 2. The summed E-state index contributed by atoms with van der Waals surface area (Å²) >= 11 is 0. The molecule has 0 radical (unpaired) electrons. The quantitative estimate of drug-likeness (QED) is 0.730. The van der Waals surface area contributed by atoms with Gasteiger partial charge in [0.15, 0.2) is 11.5 Å². The second kappa shape index (κ2) is 3.65. The summed E-state index contributed by atoms with van der Waals surface area (Å²) in [7, 11) is 0. The van der Waals surface area contributed by atoms with Crippen LogP contribution in [0.4, 0.5) is 0 Å². The van der Waals surface area contributed by atoms with Crippen molar-refractivity contribution in [3.63, 3.8) is 0 Å². The van der Waals surface area contributed by atoms with Crippen molar-refractivity contribution in [2.75, 3.05) is 6.79 Å². The van der Waals surface area contributed by atoms with Crippen molar-refractivity contribution in [2.24, 2.45) is 5.92 Å². The van der Waals surface area contributed by atoms with Crippen LogP contribution in [0.15, 0.2) is 18.2 Å². The average molecular weight is 274 g/mol. The summed E-state index contributed by atoms with van der Waals surface area (Å²) in [6.07, 6.45) is 0.675. The summed E-state index contributed by atoms with van der Waals surface area (Å²) in [5.74, 6) is 0.175. The number of rotatable bonds is 1. The van der Waals surface area contributed by atoms with Crippen LogP contribution in [0.3, 0.4) is 0 Å². The van der Waals surface area contributed by atoms with E-state index in [9.17, 15) is 9.59 Å². The summed E-state index contributed by atoms with van der Waals surface area (Å²) < 4.78 is 10.6. The lowest BCUT2D eigenvalue weighted by molar-refractivity contribution is -0.149. The number of hydrogen-bond acceptors (Lipinski definition) is 4. The van der Waals surface area contributed by atoms with E-state index in [0.717, 1.165) is 5.56 Å². The van der Waals surface area contributed by atoms with Crippen LogP contribution >= 0.6 is 0 Å². The van der Waals surface area contributed by atoms with Gasteiger partial charge in [0, 0.05) is 5.92 Å². The summed E-state index contributed by atoms with van der Waals surface area (Å²) in [5.41, 5.74) is 0.277. The first-order chi connectivity index (χ1) is 9.56. The lowest BCUT2D eigenvalue weighted by Crippen LogP contribution is -2.72. The lowest BCUT2D eigenvalue weighted by atomic mass is 9.72. The van der Waals surface area contributed by atoms with Crippen LogP contribution in [0.2, 0.25) is 0 Å². The second-order valence-electron chi connectivity index (χ2n) is 5.71. The normalized spacial score (nSPS) is 33.9. The number of carbonyl (C=O) groups is 2. The molecule has 0 aliphatic carbocycles. The van der Waals surface area contributed by atoms with Gasteiger partial charge < -0.3 is 20.1 Å². The van der Waals surface area contributed by atoms with Crippen LogP contribution in [0.25, 0.3) is 0 Å². The molecule has 2 bridgehead atoms. The maximum atomic E-state index is 12.1. The Morgan fingerprint density at radius 2 is 1.85 bits per heavy atom. The molecular weight excluding hydrogens is 260 g/mol. The van der Waals surface area contributed by atoms with E-state index in [0.29, 0.717) is 17.9 Å². The van der Waals surface area contributed by atoms with E-state index < -0.39 is 11.6 Å². The summed E-state index contributed by atoms with van der Waals surface area (Å²) in [5, 5.41) is 5.70. The Kier molecular flexibility index (Phi) is 2.11. The molecule has 5 rings (SSSR count). The zero-order valence-electron chi connectivity index (χ0n) is 10.9. The number of benzene rings is 1. The van der Waals surface area contributed by atoms with Gasteiger partial charge in [0.25, 0.3) is 0 Å². The van der Waals surface area contributed by atoms with Crippen molar-refractivity contribution < 1.29 is 19.1 Å². The largest absolute Gasteiger partial charge is 0.454 e. The first-order valence-electron chi connectivity index (χ1n) is 6.59. The molecule has 1 unspecified atom stereocenters. The van der Waals surface area contributed by atoms with Crippen molar-refractivity contribution in [3.05, 3.63) is 23.8 Å². The molecular formula is C14H14N2O4. The topological polar surface area (TPSA) is 76.7 Å². The van der Waals surface area contributed by atoms with Gasteiger partial charge >= 0.3 is 0 Å². The molecule has 3 saturated heterocycles. The fourth-order valence-corrected chi connectivity index (χ4v) is 3.33.